The highest BCUT2D eigenvalue weighted by molar-refractivity contribution is 5.92. The zero-order chi connectivity index (χ0) is 27.1. The molecule has 0 bridgehead atoms. The van der Waals surface area contributed by atoms with Gasteiger partial charge in [-0.25, -0.2) is 4.73 Å². The molecule has 12 heteroatoms. The summed E-state index contributed by atoms with van der Waals surface area (Å²) in [6.07, 6.45) is -0.874. The van der Waals surface area contributed by atoms with Crippen LogP contribution in [0, 0.1) is 5.21 Å². The van der Waals surface area contributed by atoms with Gasteiger partial charge in [-0.2, -0.15) is 13.2 Å². The third-order valence-corrected chi connectivity index (χ3v) is 7.62. The van der Waals surface area contributed by atoms with Crippen molar-refractivity contribution >= 4 is 28.5 Å². The van der Waals surface area contributed by atoms with Crippen molar-refractivity contribution in [1.29, 1.82) is 0 Å². The molecule has 4 atom stereocenters. The molecule has 4 rings (SSSR count). The van der Waals surface area contributed by atoms with E-state index in [2.05, 4.69) is 41.4 Å². The molecule has 37 heavy (non-hydrogen) atoms. The maximum absolute atomic E-state index is 13.5. The van der Waals surface area contributed by atoms with Gasteiger partial charge in [0.1, 0.15) is 11.6 Å². The monoisotopic (exact) mass is 522 g/mol. The minimum Gasteiger partial charge on any atom is -0.710 e. The van der Waals surface area contributed by atoms with Crippen LogP contribution in [0.3, 0.4) is 0 Å². The number of rotatable bonds is 6. The predicted octanol–water partition coefficient (Wildman–Crippen LogP) is 2.67. The Kier molecular flexibility index (Phi) is 7.50. The summed E-state index contributed by atoms with van der Waals surface area (Å²) in [5.41, 5.74) is -0.886. The van der Waals surface area contributed by atoms with Crippen LogP contribution in [0.2, 0.25) is 0 Å². The Labute approximate surface area is 213 Å². The van der Waals surface area contributed by atoms with E-state index in [0.717, 1.165) is 43.8 Å². The first kappa shape index (κ1) is 26.9. The van der Waals surface area contributed by atoms with Crippen LogP contribution in [-0.4, -0.2) is 70.4 Å². The Hall–Kier alpha value is -3.15. The summed E-state index contributed by atoms with van der Waals surface area (Å²) in [5, 5.41) is 18.1. The lowest BCUT2D eigenvalue weighted by Crippen LogP contribution is -2.58. The van der Waals surface area contributed by atoms with Crippen LogP contribution in [-0.2, 0) is 15.8 Å². The molecule has 1 aromatic heterocycles. The molecule has 2 fully saturated rings. The fraction of sp³-hybridized carbons (Fsp3) is 0.600. The fourth-order valence-electron chi connectivity index (χ4n) is 5.49. The van der Waals surface area contributed by atoms with Crippen LogP contribution < -0.4 is 15.4 Å². The van der Waals surface area contributed by atoms with Crippen LogP contribution in [0.1, 0.15) is 52.0 Å². The van der Waals surface area contributed by atoms with E-state index in [1.54, 1.807) is 4.90 Å². The Balaban J connectivity index is 1.55. The zero-order valence-corrected chi connectivity index (χ0v) is 21.4. The lowest BCUT2D eigenvalue weighted by molar-refractivity contribution is -0.580. The number of benzene rings is 1. The molecule has 1 aliphatic carbocycles. The van der Waals surface area contributed by atoms with Gasteiger partial charge in [-0.15, -0.1) is 0 Å². The molecule has 0 unspecified atom stereocenters. The molecular weight excluding hydrogens is 489 g/mol. The number of hydrogen-bond acceptors (Lipinski definition) is 6. The van der Waals surface area contributed by atoms with E-state index in [-0.39, 0.29) is 46.7 Å². The molecule has 1 saturated carbocycles. The van der Waals surface area contributed by atoms with Crippen LogP contribution >= 0.6 is 0 Å². The number of nitrogens with one attached hydrogen (secondary N) is 2. The van der Waals surface area contributed by atoms with Gasteiger partial charge in [0.25, 0.3) is 12.1 Å². The number of likely N-dealkylation sites (tertiary alicyclic amines) is 1. The van der Waals surface area contributed by atoms with Gasteiger partial charge < -0.3 is 25.6 Å². The van der Waals surface area contributed by atoms with Gasteiger partial charge in [-0.05, 0) is 69.8 Å². The summed E-state index contributed by atoms with van der Waals surface area (Å²) < 4.78 is 40.3. The smallest absolute Gasteiger partial charge is 0.416 e. The normalized spacial score (nSPS) is 24.8. The fourth-order valence-corrected chi connectivity index (χ4v) is 5.49. The maximum atomic E-state index is 13.5. The van der Waals surface area contributed by atoms with Crippen molar-refractivity contribution in [2.75, 3.05) is 18.9 Å². The molecule has 9 nitrogen and oxygen atoms in total. The summed E-state index contributed by atoms with van der Waals surface area (Å²) in [4.78, 5) is 33.5. The van der Waals surface area contributed by atoms with E-state index in [4.69, 9.17) is 0 Å². The largest absolute Gasteiger partial charge is 0.710 e. The molecule has 2 amide bonds. The van der Waals surface area contributed by atoms with E-state index < -0.39 is 17.8 Å². The summed E-state index contributed by atoms with van der Waals surface area (Å²) in [6.45, 7) is 6.15. The van der Waals surface area contributed by atoms with Crippen molar-refractivity contribution < 1.29 is 27.5 Å². The quantitative estimate of drug-likeness (QED) is 0.447. The number of fused-ring (bicyclic) bond motifs is 1. The van der Waals surface area contributed by atoms with E-state index in [1.165, 1.54) is 6.92 Å². The number of hydrogen-bond donors (Lipinski definition) is 2. The highest BCUT2D eigenvalue weighted by Crippen LogP contribution is 2.34. The van der Waals surface area contributed by atoms with Gasteiger partial charge in [0.05, 0.1) is 23.0 Å². The number of anilines is 1. The predicted molar refractivity (Wildman–Crippen MR) is 131 cm³/mol. The number of amides is 2. The maximum Gasteiger partial charge on any atom is 0.416 e. The van der Waals surface area contributed by atoms with Crippen molar-refractivity contribution in [3.8, 4) is 0 Å². The molecule has 2 aromatic rings. The molecule has 2 aliphatic rings. The van der Waals surface area contributed by atoms with Crippen molar-refractivity contribution in [3.63, 3.8) is 0 Å². The van der Waals surface area contributed by atoms with E-state index in [0.29, 0.717) is 23.7 Å². The van der Waals surface area contributed by atoms with E-state index in [1.807, 2.05) is 0 Å². The number of halogens is 3. The van der Waals surface area contributed by atoms with Crippen LogP contribution in [0.5, 0.6) is 0 Å². The Morgan fingerprint density at radius 1 is 1.27 bits per heavy atom. The summed E-state index contributed by atoms with van der Waals surface area (Å²) in [5.74, 6) is -0.304. The van der Waals surface area contributed by atoms with Gasteiger partial charge in [-0.1, -0.05) is 0 Å². The van der Waals surface area contributed by atoms with Gasteiger partial charge in [0, 0.05) is 25.6 Å². The first-order valence-corrected chi connectivity index (χ1v) is 12.5. The number of nitrogens with zero attached hydrogens (tertiary/aromatic N) is 4. The first-order chi connectivity index (χ1) is 17.4. The molecule has 0 radical (unpaired) electrons. The molecule has 0 spiro atoms. The van der Waals surface area contributed by atoms with Crippen molar-refractivity contribution in [2.24, 2.45) is 0 Å². The van der Waals surface area contributed by atoms with Crippen molar-refractivity contribution in [3.05, 3.63) is 35.3 Å². The second-order valence-electron chi connectivity index (χ2n) is 10.3. The summed E-state index contributed by atoms with van der Waals surface area (Å²) >= 11 is 0. The van der Waals surface area contributed by atoms with Crippen molar-refractivity contribution in [1.82, 2.24) is 20.1 Å². The summed E-state index contributed by atoms with van der Waals surface area (Å²) in [7, 11) is 2.06. The SMILES string of the molecule is CC(=O)N[C@H]1C[C@H](N(C)C(C)C)CC[C@@H]1N1CC[C@H](Nc2nc[n+]([O-])c3ccc(C(F)(F)F)cc23)C1=O. The second-order valence-corrected chi connectivity index (χ2v) is 10.3. The first-order valence-electron chi connectivity index (χ1n) is 12.5. The minimum atomic E-state index is -4.59. The average Bonchev–Trinajstić information content (AvgIpc) is 3.18. The lowest BCUT2D eigenvalue weighted by atomic mass is 9.84. The Morgan fingerprint density at radius 2 is 2.00 bits per heavy atom. The Bertz CT molecular complexity index is 1170. The van der Waals surface area contributed by atoms with Gasteiger partial charge in [0.2, 0.25) is 11.8 Å². The average molecular weight is 523 g/mol. The standard InChI is InChI=1S/C25H33F3N6O3/c1-14(2)32(4)17-6-8-22(20(12-17)30-15(3)35)33-10-9-19(24(33)36)31-23-18-11-16(25(26,27)28)5-7-21(18)34(37)13-29-23/h5,7,11,13-14,17,19-20,22H,6,8-10,12H2,1-4H3,(H,29,31)(H,30,35)/t17-,19+,20+,22+/m1/s1. The van der Waals surface area contributed by atoms with E-state index >= 15 is 0 Å². The third-order valence-electron chi connectivity index (χ3n) is 7.62. The minimum absolute atomic E-state index is 0.00747. The molecule has 1 aliphatic heterocycles. The van der Waals surface area contributed by atoms with Gasteiger partial charge in [0.15, 0.2) is 0 Å². The van der Waals surface area contributed by atoms with Crippen LogP contribution in [0.15, 0.2) is 24.5 Å². The lowest BCUT2D eigenvalue weighted by Gasteiger charge is -2.44. The number of alkyl halides is 3. The van der Waals surface area contributed by atoms with Crippen LogP contribution in [0.25, 0.3) is 10.9 Å². The van der Waals surface area contributed by atoms with Gasteiger partial charge in [-0.3, -0.25) is 9.59 Å². The van der Waals surface area contributed by atoms with Crippen LogP contribution in [0.4, 0.5) is 19.0 Å². The molecule has 2 heterocycles. The highest BCUT2D eigenvalue weighted by Gasteiger charge is 2.43. The number of aromatic nitrogens is 2. The molecule has 1 saturated heterocycles. The molecular formula is C25H33F3N6O3. The Morgan fingerprint density at radius 3 is 2.65 bits per heavy atom. The zero-order valence-electron chi connectivity index (χ0n) is 21.4. The third kappa shape index (κ3) is 5.58. The molecule has 2 N–H and O–H groups in total. The molecule has 1 aromatic carbocycles. The van der Waals surface area contributed by atoms with Crippen molar-refractivity contribution in [2.45, 2.75) is 82.8 Å². The summed E-state index contributed by atoms with van der Waals surface area (Å²) in [6, 6.07) is 2.35. The topological polar surface area (TPSA) is 105 Å². The van der Waals surface area contributed by atoms with E-state index in [9.17, 15) is 28.0 Å². The van der Waals surface area contributed by atoms with Gasteiger partial charge >= 0.3 is 6.18 Å². The second kappa shape index (κ2) is 10.3. The highest BCUT2D eigenvalue weighted by atomic mass is 19.4. The number of carbonyl (C=O) groups is 2. The molecule has 202 valence electrons. The number of carbonyl (C=O) groups excluding carboxylic acids is 2.